The summed E-state index contributed by atoms with van der Waals surface area (Å²) in [7, 11) is 1.61. The Bertz CT molecular complexity index is 637. The summed E-state index contributed by atoms with van der Waals surface area (Å²) in [5.74, 6) is 1.49. The Balaban J connectivity index is 1.68. The van der Waals surface area contributed by atoms with Gasteiger partial charge in [0.2, 0.25) is 0 Å². The SMILES string of the molecule is COC1(c2nnc(COc3ccccc3CCO)o2)CCOC1. The van der Waals surface area contributed by atoms with Gasteiger partial charge < -0.3 is 23.7 Å². The molecule has 0 amide bonds. The van der Waals surface area contributed by atoms with Crippen LogP contribution in [0.15, 0.2) is 28.7 Å². The maximum Gasteiger partial charge on any atom is 0.254 e. The molecule has 1 fully saturated rings. The monoisotopic (exact) mass is 320 g/mol. The summed E-state index contributed by atoms with van der Waals surface area (Å²) < 4.78 is 22.3. The molecule has 1 N–H and O–H groups in total. The number of hydrogen-bond donors (Lipinski definition) is 1. The van der Waals surface area contributed by atoms with Crippen LogP contribution in [0.25, 0.3) is 0 Å². The average Bonchev–Trinajstić information content (AvgIpc) is 3.24. The van der Waals surface area contributed by atoms with E-state index in [4.69, 9.17) is 23.7 Å². The number of aromatic nitrogens is 2. The van der Waals surface area contributed by atoms with E-state index in [1.165, 1.54) is 0 Å². The van der Waals surface area contributed by atoms with Gasteiger partial charge in [0.15, 0.2) is 12.2 Å². The second-order valence-electron chi connectivity index (χ2n) is 5.37. The zero-order valence-electron chi connectivity index (χ0n) is 13.0. The predicted octanol–water partition coefficient (Wildman–Crippen LogP) is 1.45. The molecule has 23 heavy (non-hydrogen) atoms. The summed E-state index contributed by atoms with van der Waals surface area (Å²) in [5, 5.41) is 17.2. The summed E-state index contributed by atoms with van der Waals surface area (Å²) in [6, 6.07) is 7.56. The molecule has 1 unspecified atom stereocenters. The second-order valence-corrected chi connectivity index (χ2v) is 5.37. The molecule has 2 aromatic rings. The molecule has 124 valence electrons. The molecule has 1 atom stereocenters. The molecule has 0 radical (unpaired) electrons. The fraction of sp³-hybridized carbons (Fsp3) is 0.500. The summed E-state index contributed by atoms with van der Waals surface area (Å²) in [6.45, 7) is 1.25. The van der Waals surface area contributed by atoms with Crippen molar-refractivity contribution in [2.45, 2.75) is 25.0 Å². The minimum absolute atomic E-state index is 0.0709. The Hall–Kier alpha value is -1.96. The molecule has 1 aliphatic rings. The molecule has 0 spiro atoms. The van der Waals surface area contributed by atoms with E-state index < -0.39 is 5.60 Å². The van der Waals surface area contributed by atoms with Gasteiger partial charge in [0.25, 0.3) is 11.8 Å². The first kappa shape index (κ1) is 15.9. The predicted molar refractivity (Wildman–Crippen MR) is 80.0 cm³/mol. The number of hydrogen-bond acceptors (Lipinski definition) is 7. The van der Waals surface area contributed by atoms with Crippen LogP contribution in [0.3, 0.4) is 0 Å². The van der Waals surface area contributed by atoms with Gasteiger partial charge in [-0.1, -0.05) is 18.2 Å². The maximum absolute atomic E-state index is 9.09. The molecule has 2 heterocycles. The third kappa shape index (κ3) is 3.36. The first-order valence-corrected chi connectivity index (χ1v) is 7.55. The molecular formula is C16H20N2O5. The summed E-state index contributed by atoms with van der Waals surface area (Å²) in [6.07, 6.45) is 1.22. The molecule has 1 aromatic carbocycles. The molecule has 0 saturated carbocycles. The number of aliphatic hydroxyl groups excluding tert-OH is 1. The smallest absolute Gasteiger partial charge is 0.254 e. The average molecular weight is 320 g/mol. The van der Waals surface area contributed by atoms with Gasteiger partial charge >= 0.3 is 0 Å². The van der Waals surface area contributed by atoms with E-state index >= 15 is 0 Å². The Kier molecular flexibility index (Phi) is 4.90. The van der Waals surface area contributed by atoms with Gasteiger partial charge in [-0.2, -0.15) is 0 Å². The first-order valence-electron chi connectivity index (χ1n) is 7.55. The molecule has 0 aliphatic carbocycles. The van der Waals surface area contributed by atoms with E-state index in [2.05, 4.69) is 10.2 Å². The van der Waals surface area contributed by atoms with Crippen LogP contribution in [-0.4, -0.2) is 42.2 Å². The lowest BCUT2D eigenvalue weighted by Gasteiger charge is -2.20. The van der Waals surface area contributed by atoms with Crippen molar-refractivity contribution in [3.8, 4) is 5.75 Å². The lowest BCUT2D eigenvalue weighted by Crippen LogP contribution is -2.29. The lowest BCUT2D eigenvalue weighted by molar-refractivity contribution is -0.0420. The Morgan fingerprint density at radius 3 is 2.91 bits per heavy atom. The number of para-hydroxylation sites is 1. The highest BCUT2D eigenvalue weighted by Gasteiger charge is 2.42. The van der Waals surface area contributed by atoms with Crippen LogP contribution in [0.4, 0.5) is 0 Å². The van der Waals surface area contributed by atoms with Crippen molar-refractivity contribution in [1.29, 1.82) is 0 Å². The number of ether oxygens (including phenoxy) is 3. The van der Waals surface area contributed by atoms with E-state index in [1.807, 2.05) is 24.3 Å². The highest BCUT2D eigenvalue weighted by Crippen LogP contribution is 2.33. The number of benzene rings is 1. The van der Waals surface area contributed by atoms with Crippen LogP contribution in [0.1, 0.15) is 23.8 Å². The van der Waals surface area contributed by atoms with Crippen LogP contribution in [0.2, 0.25) is 0 Å². The Morgan fingerprint density at radius 2 is 2.17 bits per heavy atom. The molecule has 1 aromatic heterocycles. The van der Waals surface area contributed by atoms with Gasteiger partial charge in [0, 0.05) is 20.1 Å². The standard InChI is InChI=1S/C16H20N2O5/c1-20-16(7-9-21-11-16)15-18-17-14(23-15)10-22-13-5-3-2-4-12(13)6-8-19/h2-5,19H,6-11H2,1H3. The second kappa shape index (κ2) is 7.08. The largest absolute Gasteiger partial charge is 0.484 e. The first-order chi connectivity index (χ1) is 11.3. The summed E-state index contributed by atoms with van der Waals surface area (Å²) in [4.78, 5) is 0. The highest BCUT2D eigenvalue weighted by molar-refractivity contribution is 5.33. The van der Waals surface area contributed by atoms with Crippen molar-refractivity contribution < 1.29 is 23.7 Å². The topological polar surface area (TPSA) is 86.8 Å². The maximum atomic E-state index is 9.09. The molecule has 7 heteroatoms. The third-order valence-electron chi connectivity index (χ3n) is 3.94. The number of rotatable bonds is 7. The third-order valence-corrected chi connectivity index (χ3v) is 3.94. The van der Waals surface area contributed by atoms with Gasteiger partial charge in [-0.25, -0.2) is 0 Å². The molecule has 0 bridgehead atoms. The van der Waals surface area contributed by atoms with Crippen LogP contribution >= 0.6 is 0 Å². The van der Waals surface area contributed by atoms with Gasteiger partial charge in [-0.3, -0.25) is 0 Å². The van der Waals surface area contributed by atoms with Crippen LogP contribution in [0.5, 0.6) is 5.75 Å². The van der Waals surface area contributed by atoms with Crippen molar-refractivity contribution >= 4 is 0 Å². The van der Waals surface area contributed by atoms with E-state index in [-0.39, 0.29) is 13.2 Å². The molecule has 1 saturated heterocycles. The van der Waals surface area contributed by atoms with E-state index in [0.29, 0.717) is 43.6 Å². The number of aliphatic hydroxyl groups is 1. The zero-order chi connectivity index (χ0) is 16.1. The fourth-order valence-corrected chi connectivity index (χ4v) is 2.57. The minimum Gasteiger partial charge on any atom is -0.484 e. The highest BCUT2D eigenvalue weighted by atomic mass is 16.6. The van der Waals surface area contributed by atoms with Crippen molar-refractivity contribution in [1.82, 2.24) is 10.2 Å². The van der Waals surface area contributed by atoms with Crippen LogP contribution in [0, 0.1) is 0 Å². The van der Waals surface area contributed by atoms with Crippen molar-refractivity contribution in [2.75, 3.05) is 26.9 Å². The van der Waals surface area contributed by atoms with Crippen molar-refractivity contribution in [3.63, 3.8) is 0 Å². The Morgan fingerprint density at radius 1 is 1.30 bits per heavy atom. The van der Waals surface area contributed by atoms with Gasteiger partial charge in [0.1, 0.15) is 5.75 Å². The Labute approximate surface area is 134 Å². The molecule has 3 rings (SSSR count). The normalized spacial score (nSPS) is 20.8. The minimum atomic E-state index is -0.653. The molecule has 1 aliphatic heterocycles. The van der Waals surface area contributed by atoms with Crippen molar-refractivity contribution in [3.05, 3.63) is 41.6 Å². The van der Waals surface area contributed by atoms with Gasteiger partial charge in [-0.15, -0.1) is 10.2 Å². The van der Waals surface area contributed by atoms with E-state index in [9.17, 15) is 0 Å². The molecular weight excluding hydrogens is 300 g/mol. The molecule has 7 nitrogen and oxygen atoms in total. The zero-order valence-corrected chi connectivity index (χ0v) is 13.0. The van der Waals surface area contributed by atoms with Gasteiger partial charge in [-0.05, 0) is 18.1 Å². The fourth-order valence-electron chi connectivity index (χ4n) is 2.57. The van der Waals surface area contributed by atoms with Gasteiger partial charge in [0.05, 0.1) is 13.2 Å². The van der Waals surface area contributed by atoms with Crippen LogP contribution < -0.4 is 4.74 Å². The van der Waals surface area contributed by atoms with E-state index in [1.54, 1.807) is 7.11 Å². The number of methoxy groups -OCH3 is 1. The quantitative estimate of drug-likeness (QED) is 0.826. The lowest BCUT2D eigenvalue weighted by atomic mass is 10.0. The van der Waals surface area contributed by atoms with Crippen LogP contribution in [-0.2, 0) is 28.1 Å². The summed E-state index contributed by atoms with van der Waals surface area (Å²) >= 11 is 0. The van der Waals surface area contributed by atoms with E-state index in [0.717, 1.165) is 5.56 Å². The summed E-state index contributed by atoms with van der Waals surface area (Å²) in [5.41, 5.74) is 0.285. The van der Waals surface area contributed by atoms with Crippen molar-refractivity contribution in [2.24, 2.45) is 0 Å². The number of nitrogens with zero attached hydrogens (tertiary/aromatic N) is 2.